The maximum Gasteiger partial charge on any atom is 0.249 e. The molecule has 3 aromatic rings. The third-order valence-corrected chi connectivity index (χ3v) is 4.66. The summed E-state index contributed by atoms with van der Waals surface area (Å²) in [5, 5.41) is 11.6. The summed E-state index contributed by atoms with van der Waals surface area (Å²) in [7, 11) is 1.75. The monoisotopic (exact) mass is 400 g/mol. The number of nitrogens with zero attached hydrogens (tertiary/aromatic N) is 5. The van der Waals surface area contributed by atoms with Gasteiger partial charge in [-0.3, -0.25) is 14.5 Å². The first kappa shape index (κ1) is 19.8. The van der Waals surface area contributed by atoms with E-state index in [-0.39, 0.29) is 11.8 Å². The number of aryl methyl sites for hydroxylation is 2. The van der Waals surface area contributed by atoms with E-state index in [9.17, 15) is 4.79 Å². The minimum atomic E-state index is -0.425. The molecule has 0 saturated heterocycles. The average Bonchev–Trinajstić information content (AvgIpc) is 3.24. The average molecular weight is 401 g/mol. The molecular formula is C19H21ClN6O2. The van der Waals surface area contributed by atoms with Gasteiger partial charge in [0.1, 0.15) is 11.2 Å². The number of halogens is 1. The van der Waals surface area contributed by atoms with Gasteiger partial charge in [0.05, 0.1) is 5.69 Å². The Balaban J connectivity index is 1.75. The molecule has 3 heterocycles. The molecule has 1 unspecified atom stereocenters. The summed E-state index contributed by atoms with van der Waals surface area (Å²) in [6.45, 7) is 5.76. The van der Waals surface area contributed by atoms with Crippen LogP contribution in [0.4, 0.5) is 0 Å². The Morgan fingerprint density at radius 2 is 2.04 bits per heavy atom. The van der Waals surface area contributed by atoms with E-state index in [0.717, 1.165) is 11.3 Å². The molecule has 9 heteroatoms. The molecule has 28 heavy (non-hydrogen) atoms. The predicted molar refractivity (Wildman–Crippen MR) is 105 cm³/mol. The quantitative estimate of drug-likeness (QED) is 0.637. The Kier molecular flexibility index (Phi) is 5.89. The second-order valence-corrected chi connectivity index (χ2v) is 7.03. The molecule has 8 nitrogen and oxygen atoms in total. The van der Waals surface area contributed by atoms with Gasteiger partial charge < -0.3 is 9.84 Å². The summed E-state index contributed by atoms with van der Waals surface area (Å²) in [6.07, 6.45) is 6.38. The first-order valence-corrected chi connectivity index (χ1v) is 9.16. The highest BCUT2D eigenvalue weighted by Crippen LogP contribution is 2.24. The van der Waals surface area contributed by atoms with Crippen LogP contribution in [-0.2, 0) is 11.8 Å². The van der Waals surface area contributed by atoms with Gasteiger partial charge in [-0.2, -0.15) is 10.1 Å². The first-order chi connectivity index (χ1) is 13.4. The molecule has 0 aliphatic carbocycles. The van der Waals surface area contributed by atoms with Crippen molar-refractivity contribution in [3.05, 3.63) is 52.9 Å². The van der Waals surface area contributed by atoms with E-state index < -0.39 is 6.04 Å². The Hall–Kier alpha value is -3.00. The first-order valence-electron chi connectivity index (χ1n) is 8.78. The summed E-state index contributed by atoms with van der Waals surface area (Å²) in [6, 6.07) is 3.16. The third-order valence-electron chi connectivity index (χ3n) is 4.21. The van der Waals surface area contributed by atoms with Crippen LogP contribution < -0.4 is 5.32 Å². The van der Waals surface area contributed by atoms with Crippen LogP contribution in [0.5, 0.6) is 0 Å². The van der Waals surface area contributed by atoms with Gasteiger partial charge in [-0.25, -0.2) is 0 Å². The molecular weight excluding hydrogens is 380 g/mol. The predicted octanol–water partition coefficient (Wildman–Crippen LogP) is 3.35. The fraction of sp³-hybridized carbons (Fsp3) is 0.316. The van der Waals surface area contributed by atoms with Crippen molar-refractivity contribution in [3.63, 3.8) is 0 Å². The van der Waals surface area contributed by atoms with Crippen LogP contribution in [-0.4, -0.2) is 30.8 Å². The highest BCUT2D eigenvalue weighted by molar-refractivity contribution is 6.31. The van der Waals surface area contributed by atoms with Crippen molar-refractivity contribution in [3.8, 4) is 11.4 Å². The molecule has 0 saturated carbocycles. The Labute approximate surface area is 167 Å². The third kappa shape index (κ3) is 4.28. The summed E-state index contributed by atoms with van der Waals surface area (Å²) < 4.78 is 6.95. The van der Waals surface area contributed by atoms with E-state index >= 15 is 0 Å². The van der Waals surface area contributed by atoms with Gasteiger partial charge in [0.15, 0.2) is 0 Å². The van der Waals surface area contributed by atoms with Crippen LogP contribution in [0.2, 0.25) is 5.15 Å². The zero-order chi connectivity index (χ0) is 20.3. The van der Waals surface area contributed by atoms with E-state index in [0.29, 0.717) is 22.4 Å². The lowest BCUT2D eigenvalue weighted by Gasteiger charge is -2.17. The zero-order valence-corrected chi connectivity index (χ0v) is 16.8. The van der Waals surface area contributed by atoms with E-state index in [1.807, 2.05) is 20.8 Å². The normalized spacial score (nSPS) is 12.6. The number of pyridine rings is 1. The number of aromatic nitrogens is 5. The van der Waals surface area contributed by atoms with Crippen molar-refractivity contribution >= 4 is 23.6 Å². The lowest BCUT2D eigenvalue weighted by atomic mass is 10.0. The molecule has 0 aliphatic heterocycles. The van der Waals surface area contributed by atoms with Crippen LogP contribution in [0.25, 0.3) is 17.5 Å². The van der Waals surface area contributed by atoms with Crippen molar-refractivity contribution in [2.75, 3.05) is 0 Å². The smallest absolute Gasteiger partial charge is 0.249 e. The Bertz CT molecular complexity index is 993. The van der Waals surface area contributed by atoms with Crippen LogP contribution in [0.15, 0.2) is 35.1 Å². The minimum Gasteiger partial charge on any atom is -0.340 e. The molecule has 3 aromatic heterocycles. The highest BCUT2D eigenvalue weighted by atomic mass is 35.5. The van der Waals surface area contributed by atoms with Gasteiger partial charge in [0.25, 0.3) is 0 Å². The topological polar surface area (TPSA) is 98.7 Å². The maximum atomic E-state index is 12.4. The lowest BCUT2D eigenvalue weighted by Crippen LogP contribution is -2.30. The van der Waals surface area contributed by atoms with Crippen molar-refractivity contribution in [2.45, 2.75) is 26.8 Å². The molecule has 0 bridgehead atoms. The van der Waals surface area contributed by atoms with Crippen molar-refractivity contribution < 1.29 is 9.32 Å². The largest absolute Gasteiger partial charge is 0.340 e. The maximum absolute atomic E-state index is 12.4. The molecule has 0 aliphatic rings. The number of nitrogens with one attached hydrogen (secondary N) is 1. The molecule has 0 spiro atoms. The zero-order valence-electron chi connectivity index (χ0n) is 16.0. The fourth-order valence-corrected chi connectivity index (χ4v) is 2.93. The van der Waals surface area contributed by atoms with Gasteiger partial charge >= 0.3 is 0 Å². The molecule has 0 aromatic carbocycles. The second kappa shape index (κ2) is 8.35. The van der Waals surface area contributed by atoms with E-state index in [2.05, 4.69) is 25.5 Å². The van der Waals surface area contributed by atoms with Gasteiger partial charge in [-0.05, 0) is 31.1 Å². The fourth-order valence-electron chi connectivity index (χ4n) is 2.69. The van der Waals surface area contributed by atoms with Crippen LogP contribution in [0.1, 0.15) is 37.0 Å². The van der Waals surface area contributed by atoms with Crippen LogP contribution in [0.3, 0.4) is 0 Å². The second-order valence-electron chi connectivity index (χ2n) is 6.67. The molecule has 1 atom stereocenters. The molecule has 1 N–H and O–H groups in total. The minimum absolute atomic E-state index is 0.0480. The number of hydrogen-bond donors (Lipinski definition) is 1. The summed E-state index contributed by atoms with van der Waals surface area (Å²) in [5.74, 6) is 0.554. The van der Waals surface area contributed by atoms with Crippen LogP contribution in [0, 0.1) is 12.8 Å². The van der Waals surface area contributed by atoms with E-state index in [4.69, 9.17) is 16.1 Å². The number of rotatable bonds is 6. The number of carbonyl (C=O) groups excluding carboxylic acids is 1. The molecule has 0 fully saturated rings. The van der Waals surface area contributed by atoms with Crippen molar-refractivity contribution in [1.82, 2.24) is 30.2 Å². The number of amides is 1. The van der Waals surface area contributed by atoms with Crippen molar-refractivity contribution in [1.29, 1.82) is 0 Å². The van der Waals surface area contributed by atoms with Gasteiger partial charge in [0.2, 0.25) is 17.6 Å². The SMILES string of the molecule is Cc1nn(C)c(Cl)c1/C=C/C(=O)NC(c1nc(-c2ccncc2)no1)C(C)C. The lowest BCUT2D eigenvalue weighted by molar-refractivity contribution is -0.117. The molecule has 1 amide bonds. The Morgan fingerprint density at radius 3 is 2.64 bits per heavy atom. The number of carbonyl (C=O) groups is 1. The van der Waals surface area contributed by atoms with Gasteiger partial charge in [-0.15, -0.1) is 0 Å². The molecule has 146 valence electrons. The molecule has 3 rings (SSSR count). The summed E-state index contributed by atoms with van der Waals surface area (Å²) in [4.78, 5) is 20.8. The van der Waals surface area contributed by atoms with Gasteiger partial charge in [-0.1, -0.05) is 30.6 Å². The summed E-state index contributed by atoms with van der Waals surface area (Å²) in [5.41, 5.74) is 2.24. The number of hydrogen-bond acceptors (Lipinski definition) is 6. The van der Waals surface area contributed by atoms with Crippen molar-refractivity contribution in [2.24, 2.45) is 13.0 Å². The van der Waals surface area contributed by atoms with Crippen LogP contribution >= 0.6 is 11.6 Å². The van der Waals surface area contributed by atoms with E-state index in [1.54, 1.807) is 42.3 Å². The Morgan fingerprint density at radius 1 is 1.32 bits per heavy atom. The van der Waals surface area contributed by atoms with Gasteiger partial charge in [0, 0.05) is 36.6 Å². The molecule has 0 radical (unpaired) electrons. The highest BCUT2D eigenvalue weighted by Gasteiger charge is 2.24. The summed E-state index contributed by atoms with van der Waals surface area (Å²) >= 11 is 6.19. The van der Waals surface area contributed by atoms with E-state index in [1.165, 1.54) is 6.08 Å². The standard InChI is InChI=1S/C19H21ClN6O2/c1-11(2)16(19-23-18(25-28-19)13-7-9-21-10-8-13)22-15(27)6-5-14-12(3)24-26(4)17(14)20/h5-11,16H,1-4H3,(H,22,27)/b6-5+.